The molecule has 16 heavy (non-hydrogen) atoms. The first-order chi connectivity index (χ1) is 7.79. The standard InChI is InChI=1S/C15H21Br/c1-3-5-6-7-10-13(4-2)14-11-8-9-12-15(14)16/h4,8-9,11-13H,2-3,5-7,10H2,1H3. The summed E-state index contributed by atoms with van der Waals surface area (Å²) < 4.78 is 1.20. The first-order valence-electron chi connectivity index (χ1n) is 6.16. The first kappa shape index (κ1) is 13.5. The maximum absolute atomic E-state index is 3.96. The highest BCUT2D eigenvalue weighted by Crippen LogP contribution is 2.29. The Morgan fingerprint density at radius 1 is 1.25 bits per heavy atom. The van der Waals surface area contributed by atoms with Crippen molar-refractivity contribution >= 4 is 15.9 Å². The van der Waals surface area contributed by atoms with Gasteiger partial charge in [-0.2, -0.15) is 0 Å². The molecule has 0 aliphatic rings. The molecule has 0 N–H and O–H groups in total. The molecule has 0 aromatic heterocycles. The minimum atomic E-state index is 0.493. The quantitative estimate of drug-likeness (QED) is 0.445. The number of unbranched alkanes of at least 4 members (excludes halogenated alkanes) is 3. The highest BCUT2D eigenvalue weighted by molar-refractivity contribution is 9.10. The third-order valence-electron chi connectivity index (χ3n) is 2.96. The lowest BCUT2D eigenvalue weighted by Crippen LogP contribution is -1.96. The van der Waals surface area contributed by atoms with Crippen molar-refractivity contribution in [2.45, 2.75) is 44.9 Å². The number of allylic oxidation sites excluding steroid dienone is 1. The van der Waals surface area contributed by atoms with Crippen LogP contribution in [-0.2, 0) is 0 Å². The Kier molecular flexibility index (Phi) is 6.47. The Morgan fingerprint density at radius 3 is 2.62 bits per heavy atom. The zero-order valence-electron chi connectivity index (χ0n) is 10.1. The zero-order chi connectivity index (χ0) is 11.8. The lowest BCUT2D eigenvalue weighted by atomic mass is 9.93. The van der Waals surface area contributed by atoms with E-state index in [4.69, 9.17) is 0 Å². The van der Waals surface area contributed by atoms with Gasteiger partial charge in [-0.1, -0.05) is 72.8 Å². The van der Waals surface area contributed by atoms with Gasteiger partial charge in [0.05, 0.1) is 0 Å². The van der Waals surface area contributed by atoms with Crippen LogP contribution in [0.4, 0.5) is 0 Å². The molecule has 1 aromatic rings. The molecule has 0 fully saturated rings. The van der Waals surface area contributed by atoms with Crippen LogP contribution in [0.1, 0.15) is 50.5 Å². The van der Waals surface area contributed by atoms with Crippen molar-refractivity contribution < 1.29 is 0 Å². The molecule has 0 saturated heterocycles. The minimum Gasteiger partial charge on any atom is -0.102 e. The van der Waals surface area contributed by atoms with Crippen LogP contribution in [0.2, 0.25) is 0 Å². The molecule has 0 saturated carbocycles. The van der Waals surface area contributed by atoms with Crippen molar-refractivity contribution in [3.05, 3.63) is 47.0 Å². The lowest BCUT2D eigenvalue weighted by Gasteiger charge is -2.14. The van der Waals surface area contributed by atoms with E-state index in [0.29, 0.717) is 5.92 Å². The van der Waals surface area contributed by atoms with Gasteiger partial charge in [-0.3, -0.25) is 0 Å². The van der Waals surface area contributed by atoms with Crippen LogP contribution < -0.4 is 0 Å². The third kappa shape index (κ3) is 4.13. The monoisotopic (exact) mass is 280 g/mol. The van der Waals surface area contributed by atoms with Crippen molar-refractivity contribution in [3.63, 3.8) is 0 Å². The largest absolute Gasteiger partial charge is 0.102 e. The second-order valence-corrected chi connectivity index (χ2v) is 5.07. The van der Waals surface area contributed by atoms with Crippen molar-refractivity contribution in [2.75, 3.05) is 0 Å². The van der Waals surface area contributed by atoms with Gasteiger partial charge in [-0.25, -0.2) is 0 Å². The smallest absolute Gasteiger partial charge is 0.0213 e. The molecule has 1 rings (SSSR count). The van der Waals surface area contributed by atoms with Gasteiger partial charge in [0.15, 0.2) is 0 Å². The van der Waals surface area contributed by atoms with Gasteiger partial charge in [0.1, 0.15) is 0 Å². The first-order valence-corrected chi connectivity index (χ1v) is 6.95. The summed E-state index contributed by atoms with van der Waals surface area (Å²) in [6.07, 6.45) is 8.57. The summed E-state index contributed by atoms with van der Waals surface area (Å²) in [4.78, 5) is 0. The van der Waals surface area contributed by atoms with Gasteiger partial charge in [-0.15, -0.1) is 6.58 Å². The summed E-state index contributed by atoms with van der Waals surface area (Å²) >= 11 is 3.61. The Bertz CT molecular complexity index is 317. The van der Waals surface area contributed by atoms with E-state index in [9.17, 15) is 0 Å². The van der Waals surface area contributed by atoms with E-state index in [1.54, 1.807) is 0 Å². The number of hydrogen-bond acceptors (Lipinski definition) is 0. The van der Waals surface area contributed by atoms with E-state index >= 15 is 0 Å². The molecule has 0 aliphatic carbocycles. The van der Waals surface area contributed by atoms with E-state index in [1.165, 1.54) is 42.1 Å². The van der Waals surface area contributed by atoms with E-state index in [0.717, 1.165) is 0 Å². The van der Waals surface area contributed by atoms with Crippen LogP contribution in [0.5, 0.6) is 0 Å². The molecular formula is C15H21Br. The summed E-state index contributed by atoms with van der Waals surface area (Å²) in [5, 5.41) is 0. The summed E-state index contributed by atoms with van der Waals surface area (Å²) in [5.74, 6) is 0.493. The maximum Gasteiger partial charge on any atom is 0.0213 e. The van der Waals surface area contributed by atoms with Crippen molar-refractivity contribution in [3.8, 4) is 0 Å². The molecule has 0 bridgehead atoms. The fourth-order valence-corrected chi connectivity index (χ4v) is 2.55. The fraction of sp³-hybridized carbons (Fsp3) is 0.467. The Morgan fingerprint density at radius 2 is 2.00 bits per heavy atom. The molecule has 0 aliphatic heterocycles. The second kappa shape index (κ2) is 7.67. The van der Waals surface area contributed by atoms with Crippen molar-refractivity contribution in [1.29, 1.82) is 0 Å². The normalized spacial score (nSPS) is 12.4. The molecule has 1 heteroatoms. The molecule has 0 heterocycles. The molecule has 0 radical (unpaired) electrons. The van der Waals surface area contributed by atoms with Gasteiger partial charge in [0.25, 0.3) is 0 Å². The second-order valence-electron chi connectivity index (χ2n) is 4.21. The van der Waals surface area contributed by atoms with E-state index in [-0.39, 0.29) is 0 Å². The van der Waals surface area contributed by atoms with E-state index in [1.807, 2.05) is 0 Å². The fourth-order valence-electron chi connectivity index (χ4n) is 1.97. The average molecular weight is 281 g/mol. The number of halogens is 1. The molecule has 0 nitrogen and oxygen atoms in total. The molecule has 0 spiro atoms. The third-order valence-corrected chi connectivity index (χ3v) is 3.68. The molecule has 1 atom stereocenters. The van der Waals surface area contributed by atoms with Crippen LogP contribution in [-0.4, -0.2) is 0 Å². The van der Waals surface area contributed by atoms with Crippen molar-refractivity contribution in [1.82, 2.24) is 0 Å². The predicted molar refractivity (Wildman–Crippen MR) is 75.8 cm³/mol. The van der Waals surface area contributed by atoms with Crippen LogP contribution in [0, 0.1) is 0 Å². The summed E-state index contributed by atoms with van der Waals surface area (Å²) in [6.45, 7) is 6.21. The van der Waals surface area contributed by atoms with Crippen LogP contribution in [0.15, 0.2) is 41.4 Å². The lowest BCUT2D eigenvalue weighted by molar-refractivity contribution is 0.603. The predicted octanol–water partition coefficient (Wildman–Crippen LogP) is 5.69. The van der Waals surface area contributed by atoms with E-state index < -0.39 is 0 Å². The summed E-state index contributed by atoms with van der Waals surface area (Å²) in [7, 11) is 0. The van der Waals surface area contributed by atoms with Gasteiger partial charge in [-0.05, 0) is 18.1 Å². The molecule has 1 unspecified atom stereocenters. The molecule has 88 valence electrons. The minimum absolute atomic E-state index is 0.493. The summed E-state index contributed by atoms with van der Waals surface area (Å²) in [5.41, 5.74) is 1.37. The highest BCUT2D eigenvalue weighted by Gasteiger charge is 2.09. The topological polar surface area (TPSA) is 0 Å². The number of benzene rings is 1. The van der Waals surface area contributed by atoms with Gasteiger partial charge >= 0.3 is 0 Å². The van der Waals surface area contributed by atoms with Crippen LogP contribution in [0.3, 0.4) is 0 Å². The van der Waals surface area contributed by atoms with Crippen molar-refractivity contribution in [2.24, 2.45) is 0 Å². The zero-order valence-corrected chi connectivity index (χ0v) is 11.7. The molecule has 0 amide bonds. The maximum atomic E-state index is 3.96. The Hall–Kier alpha value is -0.560. The van der Waals surface area contributed by atoms with Gasteiger partial charge < -0.3 is 0 Å². The van der Waals surface area contributed by atoms with E-state index in [2.05, 4.69) is 59.8 Å². The SMILES string of the molecule is C=CC(CCCCCC)c1ccccc1Br. The number of rotatable bonds is 7. The van der Waals surface area contributed by atoms with Crippen LogP contribution in [0.25, 0.3) is 0 Å². The molecule has 1 aromatic carbocycles. The summed E-state index contributed by atoms with van der Waals surface area (Å²) in [6, 6.07) is 8.46. The van der Waals surface area contributed by atoms with Gasteiger partial charge in [0, 0.05) is 10.4 Å². The molecular weight excluding hydrogens is 260 g/mol. The Labute approximate surface area is 108 Å². The highest BCUT2D eigenvalue weighted by atomic mass is 79.9. The van der Waals surface area contributed by atoms with Crippen LogP contribution >= 0.6 is 15.9 Å². The average Bonchev–Trinajstić information content (AvgIpc) is 2.31. The Balaban J connectivity index is 2.54. The van der Waals surface area contributed by atoms with Gasteiger partial charge in [0.2, 0.25) is 0 Å². The number of hydrogen-bond donors (Lipinski definition) is 0.